The first-order valence-corrected chi connectivity index (χ1v) is 21.0. The molecule has 0 saturated carbocycles. The highest BCUT2D eigenvalue weighted by Crippen LogP contribution is 2.39. The highest BCUT2D eigenvalue weighted by atomic mass is 15.1. The molecule has 0 saturated heterocycles. The van der Waals surface area contributed by atoms with Crippen LogP contribution in [0.15, 0.2) is 280 Å². The van der Waals surface area contributed by atoms with Crippen LogP contribution in [0.1, 0.15) is 23.5 Å². The van der Waals surface area contributed by atoms with E-state index in [1.54, 1.807) is 6.08 Å². The maximum atomic E-state index is 4.44. The minimum Gasteiger partial charge on any atom is -0.311 e. The summed E-state index contributed by atoms with van der Waals surface area (Å²) < 4.78 is 0. The van der Waals surface area contributed by atoms with Gasteiger partial charge in [0.05, 0.1) is 0 Å². The van der Waals surface area contributed by atoms with Crippen molar-refractivity contribution in [2.45, 2.75) is 12.3 Å². The van der Waals surface area contributed by atoms with E-state index in [2.05, 4.69) is 224 Å². The van der Waals surface area contributed by atoms with Crippen molar-refractivity contribution in [1.82, 2.24) is 0 Å². The fourth-order valence-corrected chi connectivity index (χ4v) is 7.85. The van der Waals surface area contributed by atoms with E-state index in [-0.39, 0.29) is 5.92 Å². The van der Waals surface area contributed by atoms with Crippen LogP contribution >= 0.6 is 0 Å². The number of benzene rings is 7. The van der Waals surface area contributed by atoms with Gasteiger partial charge in [-0.05, 0) is 123 Å². The van der Waals surface area contributed by atoms with Crippen molar-refractivity contribution in [3.8, 4) is 22.3 Å². The van der Waals surface area contributed by atoms with Gasteiger partial charge in [-0.25, -0.2) is 0 Å². The molecule has 0 spiro atoms. The van der Waals surface area contributed by atoms with Gasteiger partial charge >= 0.3 is 0 Å². The summed E-state index contributed by atoms with van der Waals surface area (Å²) in [5, 5.41) is 0. The van der Waals surface area contributed by atoms with E-state index in [1.807, 2.05) is 42.5 Å². The minimum atomic E-state index is 0.260. The Bertz CT molecular complexity index is 2790. The summed E-state index contributed by atoms with van der Waals surface area (Å²) in [6, 6.07) is 66.9. The smallest absolute Gasteiger partial charge is 0.0462 e. The van der Waals surface area contributed by atoms with Crippen molar-refractivity contribution in [3.63, 3.8) is 0 Å². The van der Waals surface area contributed by atoms with Crippen molar-refractivity contribution in [2.24, 2.45) is 0 Å². The molecule has 0 fully saturated rings. The van der Waals surface area contributed by atoms with E-state index < -0.39 is 0 Å². The Morgan fingerprint density at radius 3 is 1.58 bits per heavy atom. The second kappa shape index (κ2) is 19.4. The fraction of sp³-hybridized carbons (Fsp3) is 0.0333. The maximum absolute atomic E-state index is 4.44. The zero-order valence-electron chi connectivity index (χ0n) is 35.0. The first kappa shape index (κ1) is 40.8. The molecule has 7 aromatic carbocycles. The lowest BCUT2D eigenvalue weighted by Gasteiger charge is -2.26. The molecule has 1 aliphatic rings. The zero-order chi connectivity index (χ0) is 42.7. The Balaban J connectivity index is 1.01. The standard InChI is InChI=1S/C60H50N2/c1-5-6-18-45(2)46(3)29-30-47(4)61(56-25-12-8-13-26-56)58-37-33-50(34-38-58)52-21-16-23-54(43-52)55-24-17-22-53(44-55)51-35-41-60(42-36-51)62(57-27-14-9-15-28-57)59-39-31-49(32-40-59)48-19-10-7-11-20-48/h5-22,24-44,54H,1-4,23H2/b18-6-,30-29-. The van der Waals surface area contributed by atoms with Gasteiger partial charge in [0.25, 0.3) is 0 Å². The molecule has 0 aromatic heterocycles. The van der Waals surface area contributed by atoms with E-state index >= 15 is 0 Å². The lowest BCUT2D eigenvalue weighted by molar-refractivity contribution is 0.857. The number of hydrogen-bond acceptors (Lipinski definition) is 2. The summed E-state index contributed by atoms with van der Waals surface area (Å²) >= 11 is 0. The Kier molecular flexibility index (Phi) is 12.8. The molecule has 0 radical (unpaired) electrons. The molecule has 0 amide bonds. The van der Waals surface area contributed by atoms with Crippen molar-refractivity contribution in [3.05, 3.63) is 291 Å². The molecule has 2 nitrogen and oxygen atoms in total. The van der Waals surface area contributed by atoms with Gasteiger partial charge in [-0.1, -0.05) is 196 Å². The topological polar surface area (TPSA) is 6.48 Å². The van der Waals surface area contributed by atoms with Gasteiger partial charge in [0.15, 0.2) is 0 Å². The summed E-state index contributed by atoms with van der Waals surface area (Å²) in [6.45, 7) is 16.5. The molecule has 0 heterocycles. The average molecular weight is 799 g/mol. The van der Waals surface area contributed by atoms with Crippen molar-refractivity contribution in [2.75, 3.05) is 9.80 Å². The van der Waals surface area contributed by atoms with Crippen LogP contribution in [0.5, 0.6) is 0 Å². The average Bonchev–Trinajstić information content (AvgIpc) is 3.34. The number of hydrogen-bond donors (Lipinski definition) is 0. The molecule has 0 N–H and O–H groups in total. The van der Waals surface area contributed by atoms with Crippen LogP contribution in [0.4, 0.5) is 28.4 Å². The molecule has 0 bridgehead atoms. The highest BCUT2D eigenvalue weighted by molar-refractivity contribution is 5.81. The monoisotopic (exact) mass is 798 g/mol. The molecule has 2 heteroatoms. The van der Waals surface area contributed by atoms with Crippen LogP contribution in [0.25, 0.3) is 27.8 Å². The molecule has 1 unspecified atom stereocenters. The third kappa shape index (κ3) is 9.57. The molecule has 7 aromatic rings. The Hall–Kier alpha value is -7.94. The van der Waals surface area contributed by atoms with Crippen molar-refractivity contribution >= 4 is 34.0 Å². The lowest BCUT2D eigenvalue weighted by Crippen LogP contribution is -2.14. The Morgan fingerprint density at radius 1 is 0.468 bits per heavy atom. The quantitative estimate of drug-likeness (QED) is 0.0954. The Labute approximate surface area is 367 Å². The second-order valence-electron chi connectivity index (χ2n) is 15.3. The van der Waals surface area contributed by atoms with Crippen molar-refractivity contribution in [1.29, 1.82) is 0 Å². The SMILES string of the molecule is C=C/C=C\C(=C)C(=C)/C=C\C(=C)N(c1ccccc1)c1ccc(C2=CC(c3cccc(-c4ccc(N(c5ccccc5)c5ccc(-c6ccccc6)cc5)cc4)c3)CC=C2)cc1. The van der Waals surface area contributed by atoms with Crippen LogP contribution in [-0.4, -0.2) is 0 Å². The number of rotatable bonds is 15. The summed E-state index contributed by atoms with van der Waals surface area (Å²) in [5.74, 6) is 0.260. The van der Waals surface area contributed by atoms with E-state index in [1.165, 1.54) is 39.0 Å². The molecule has 1 atom stereocenters. The lowest BCUT2D eigenvalue weighted by atomic mass is 9.86. The molecular weight excluding hydrogens is 749 g/mol. The number of anilines is 5. The fourth-order valence-electron chi connectivity index (χ4n) is 7.85. The van der Waals surface area contributed by atoms with E-state index in [4.69, 9.17) is 0 Å². The van der Waals surface area contributed by atoms with Gasteiger partial charge in [-0.2, -0.15) is 0 Å². The van der Waals surface area contributed by atoms with Crippen LogP contribution in [-0.2, 0) is 0 Å². The number of allylic oxidation sites excluding steroid dienone is 11. The third-order valence-corrected chi connectivity index (χ3v) is 11.2. The molecule has 8 rings (SSSR count). The molecule has 62 heavy (non-hydrogen) atoms. The van der Waals surface area contributed by atoms with Gasteiger partial charge < -0.3 is 9.80 Å². The summed E-state index contributed by atoms with van der Waals surface area (Å²) in [7, 11) is 0. The second-order valence-corrected chi connectivity index (χ2v) is 15.3. The van der Waals surface area contributed by atoms with Gasteiger partial charge in [-0.15, -0.1) is 0 Å². The molecule has 1 aliphatic carbocycles. The third-order valence-electron chi connectivity index (χ3n) is 11.2. The van der Waals surface area contributed by atoms with Crippen LogP contribution < -0.4 is 9.80 Å². The first-order chi connectivity index (χ1) is 30.4. The normalized spacial score (nSPS) is 13.4. The molecule has 0 aliphatic heterocycles. The largest absolute Gasteiger partial charge is 0.311 e. The maximum Gasteiger partial charge on any atom is 0.0462 e. The van der Waals surface area contributed by atoms with Gasteiger partial charge in [-0.3, -0.25) is 0 Å². The van der Waals surface area contributed by atoms with Crippen LogP contribution in [0.2, 0.25) is 0 Å². The zero-order valence-corrected chi connectivity index (χ0v) is 35.0. The predicted molar refractivity (Wildman–Crippen MR) is 267 cm³/mol. The van der Waals surface area contributed by atoms with E-state index in [9.17, 15) is 0 Å². The van der Waals surface area contributed by atoms with Gasteiger partial charge in [0.1, 0.15) is 0 Å². The van der Waals surface area contributed by atoms with Gasteiger partial charge in [0.2, 0.25) is 0 Å². The molecule has 300 valence electrons. The molecular formula is C60H50N2. The van der Waals surface area contributed by atoms with Gasteiger partial charge in [0, 0.05) is 40.1 Å². The number of nitrogens with zero attached hydrogens (tertiary/aromatic N) is 2. The Morgan fingerprint density at radius 2 is 0.952 bits per heavy atom. The number of para-hydroxylation sites is 2. The summed E-state index contributed by atoms with van der Waals surface area (Å²) in [5.41, 5.74) is 16.3. The van der Waals surface area contributed by atoms with Crippen molar-refractivity contribution < 1.29 is 0 Å². The summed E-state index contributed by atoms with van der Waals surface area (Å²) in [4.78, 5) is 4.47. The summed E-state index contributed by atoms with van der Waals surface area (Å²) in [6.07, 6.45) is 17.3. The van der Waals surface area contributed by atoms with Crippen LogP contribution in [0.3, 0.4) is 0 Å². The predicted octanol–water partition coefficient (Wildman–Crippen LogP) is 16.7. The minimum absolute atomic E-state index is 0.260. The van der Waals surface area contributed by atoms with E-state index in [0.29, 0.717) is 0 Å². The highest BCUT2D eigenvalue weighted by Gasteiger charge is 2.17. The first-order valence-electron chi connectivity index (χ1n) is 21.0. The van der Waals surface area contributed by atoms with Crippen LogP contribution in [0, 0.1) is 0 Å². The van der Waals surface area contributed by atoms with E-state index in [0.717, 1.165) is 51.7 Å².